The van der Waals surface area contributed by atoms with E-state index in [2.05, 4.69) is 60.7 Å². The predicted molar refractivity (Wildman–Crippen MR) is 100 cm³/mol. The van der Waals surface area contributed by atoms with Gasteiger partial charge in [0.2, 0.25) is 0 Å². The third-order valence-corrected chi connectivity index (χ3v) is 5.55. The van der Waals surface area contributed by atoms with E-state index in [-0.39, 0.29) is 0 Å². The zero-order chi connectivity index (χ0) is 16.9. The van der Waals surface area contributed by atoms with Gasteiger partial charge in [0.05, 0.1) is 0 Å². The predicted octanol–water partition coefficient (Wildman–Crippen LogP) is 6.14. The van der Waals surface area contributed by atoms with E-state index in [9.17, 15) is 0 Å². The second-order valence-electron chi connectivity index (χ2n) is 10.0. The van der Waals surface area contributed by atoms with Crippen LogP contribution in [0.5, 0.6) is 0 Å². The van der Waals surface area contributed by atoms with Crippen molar-refractivity contribution >= 4 is 0 Å². The highest BCUT2D eigenvalue weighted by atomic mass is 14.9. The summed E-state index contributed by atoms with van der Waals surface area (Å²) in [5, 5.41) is 3.87. The molecule has 1 heteroatoms. The van der Waals surface area contributed by atoms with Crippen molar-refractivity contribution in [3.05, 3.63) is 0 Å². The molecule has 3 unspecified atom stereocenters. The summed E-state index contributed by atoms with van der Waals surface area (Å²) in [4.78, 5) is 0. The van der Waals surface area contributed by atoms with Crippen molar-refractivity contribution in [1.29, 1.82) is 0 Å². The van der Waals surface area contributed by atoms with Crippen molar-refractivity contribution in [1.82, 2.24) is 5.32 Å². The first kappa shape index (κ1) is 20.0. The van der Waals surface area contributed by atoms with Crippen molar-refractivity contribution in [2.45, 2.75) is 93.5 Å². The van der Waals surface area contributed by atoms with Crippen molar-refractivity contribution in [2.24, 2.45) is 35.0 Å². The Hall–Kier alpha value is -0.0400. The van der Waals surface area contributed by atoms with Crippen molar-refractivity contribution in [3.8, 4) is 0 Å². The Morgan fingerprint density at radius 2 is 1.64 bits per heavy atom. The van der Waals surface area contributed by atoms with Gasteiger partial charge in [0.25, 0.3) is 0 Å². The highest BCUT2D eigenvalue weighted by Gasteiger charge is 2.29. The van der Waals surface area contributed by atoms with E-state index in [4.69, 9.17) is 0 Å². The minimum atomic E-state index is 0.426. The third-order valence-electron chi connectivity index (χ3n) is 5.55. The maximum Gasteiger partial charge on any atom is 0.00697 e. The number of hydrogen-bond acceptors (Lipinski definition) is 1. The van der Waals surface area contributed by atoms with Crippen LogP contribution in [-0.2, 0) is 0 Å². The Morgan fingerprint density at radius 3 is 2.09 bits per heavy atom. The average molecular weight is 310 g/mol. The lowest BCUT2D eigenvalue weighted by molar-refractivity contribution is 0.161. The Labute approximate surface area is 141 Å². The van der Waals surface area contributed by atoms with Crippen LogP contribution in [0.25, 0.3) is 0 Å². The van der Waals surface area contributed by atoms with Gasteiger partial charge in [-0.25, -0.2) is 0 Å². The monoisotopic (exact) mass is 309 g/mol. The van der Waals surface area contributed by atoms with Gasteiger partial charge in [-0.1, -0.05) is 48.5 Å². The molecule has 132 valence electrons. The number of nitrogens with one attached hydrogen (secondary N) is 1. The van der Waals surface area contributed by atoms with Gasteiger partial charge in [-0.15, -0.1) is 0 Å². The van der Waals surface area contributed by atoms with Crippen LogP contribution in [-0.4, -0.2) is 12.6 Å². The lowest BCUT2D eigenvalue weighted by Gasteiger charge is -2.37. The lowest BCUT2D eigenvalue weighted by Crippen LogP contribution is -2.40. The number of rotatable bonds is 9. The third kappa shape index (κ3) is 7.49. The van der Waals surface area contributed by atoms with Gasteiger partial charge < -0.3 is 5.32 Å². The van der Waals surface area contributed by atoms with Gasteiger partial charge in [0.15, 0.2) is 0 Å². The lowest BCUT2D eigenvalue weighted by atomic mass is 9.73. The molecule has 0 aromatic heterocycles. The molecule has 0 radical (unpaired) electrons. The van der Waals surface area contributed by atoms with Crippen LogP contribution in [0.3, 0.4) is 0 Å². The topological polar surface area (TPSA) is 12.0 Å². The van der Waals surface area contributed by atoms with E-state index < -0.39 is 0 Å². The SMILES string of the molecule is CC(C)CC(C)C(CC(C)(C)C)C(C)NCCC1CC(C)C1. The molecule has 1 N–H and O–H groups in total. The van der Waals surface area contributed by atoms with E-state index in [1.807, 2.05) is 0 Å². The molecule has 1 fully saturated rings. The summed E-state index contributed by atoms with van der Waals surface area (Å²) in [5.41, 5.74) is 0.426. The molecule has 1 saturated carbocycles. The largest absolute Gasteiger partial charge is 0.314 e. The summed E-state index contributed by atoms with van der Waals surface area (Å²) in [6.45, 7) is 20.4. The quantitative estimate of drug-likeness (QED) is 0.540. The highest BCUT2D eigenvalue weighted by molar-refractivity contribution is 4.83. The first-order valence-electron chi connectivity index (χ1n) is 9.82. The second kappa shape index (κ2) is 8.71. The summed E-state index contributed by atoms with van der Waals surface area (Å²) in [6, 6.07) is 0.644. The highest BCUT2D eigenvalue weighted by Crippen LogP contribution is 2.36. The van der Waals surface area contributed by atoms with Crippen molar-refractivity contribution in [2.75, 3.05) is 6.54 Å². The van der Waals surface area contributed by atoms with Crippen LogP contribution in [0.15, 0.2) is 0 Å². The van der Waals surface area contributed by atoms with Crippen molar-refractivity contribution in [3.63, 3.8) is 0 Å². The van der Waals surface area contributed by atoms with E-state index in [1.54, 1.807) is 0 Å². The standard InChI is InChI=1S/C21H43N/c1-15(2)11-17(4)20(14-21(6,7)8)18(5)22-10-9-19-12-16(3)13-19/h15-20,22H,9-14H2,1-8H3. The smallest absolute Gasteiger partial charge is 0.00697 e. The molecule has 22 heavy (non-hydrogen) atoms. The van der Waals surface area contributed by atoms with E-state index in [1.165, 1.54) is 38.6 Å². The molecule has 0 aromatic rings. The summed E-state index contributed by atoms with van der Waals surface area (Å²) in [7, 11) is 0. The molecule has 0 heterocycles. The Bertz CT molecular complexity index is 296. The molecule has 0 spiro atoms. The van der Waals surface area contributed by atoms with Gasteiger partial charge in [0, 0.05) is 6.04 Å². The zero-order valence-corrected chi connectivity index (χ0v) is 16.7. The molecule has 1 aliphatic carbocycles. The van der Waals surface area contributed by atoms with Crippen LogP contribution in [0.2, 0.25) is 0 Å². The van der Waals surface area contributed by atoms with Crippen LogP contribution in [0.4, 0.5) is 0 Å². The van der Waals surface area contributed by atoms with Gasteiger partial charge in [-0.2, -0.15) is 0 Å². The van der Waals surface area contributed by atoms with E-state index in [0.29, 0.717) is 11.5 Å². The van der Waals surface area contributed by atoms with Gasteiger partial charge in [-0.3, -0.25) is 0 Å². The molecule has 0 aliphatic heterocycles. The van der Waals surface area contributed by atoms with Crippen LogP contribution >= 0.6 is 0 Å². The fourth-order valence-corrected chi connectivity index (χ4v) is 4.47. The summed E-state index contributed by atoms with van der Waals surface area (Å²) in [5.74, 6) is 4.40. The van der Waals surface area contributed by atoms with Crippen molar-refractivity contribution < 1.29 is 0 Å². The normalized spacial score (nSPS) is 26.6. The molecule has 1 aliphatic rings. The Morgan fingerprint density at radius 1 is 1.05 bits per heavy atom. The second-order valence-corrected chi connectivity index (χ2v) is 10.0. The van der Waals surface area contributed by atoms with E-state index >= 15 is 0 Å². The molecular weight excluding hydrogens is 266 g/mol. The fraction of sp³-hybridized carbons (Fsp3) is 1.00. The maximum atomic E-state index is 3.87. The van der Waals surface area contributed by atoms with Gasteiger partial charge in [-0.05, 0) is 80.6 Å². The molecule has 1 rings (SSSR count). The first-order valence-corrected chi connectivity index (χ1v) is 9.82. The summed E-state index contributed by atoms with van der Waals surface area (Å²) in [6.07, 6.45) is 6.99. The van der Waals surface area contributed by atoms with E-state index in [0.717, 1.165) is 29.6 Å². The number of hydrogen-bond donors (Lipinski definition) is 1. The van der Waals surface area contributed by atoms with Gasteiger partial charge >= 0.3 is 0 Å². The molecule has 0 bridgehead atoms. The summed E-state index contributed by atoms with van der Waals surface area (Å²) < 4.78 is 0. The maximum absolute atomic E-state index is 3.87. The van der Waals surface area contributed by atoms with Gasteiger partial charge in [0.1, 0.15) is 0 Å². The molecular formula is C21H43N. The fourth-order valence-electron chi connectivity index (χ4n) is 4.47. The van der Waals surface area contributed by atoms with Crippen LogP contribution in [0, 0.1) is 35.0 Å². The molecule has 0 saturated heterocycles. The van der Waals surface area contributed by atoms with Crippen LogP contribution in [0.1, 0.15) is 87.5 Å². The molecule has 0 amide bonds. The minimum Gasteiger partial charge on any atom is -0.314 e. The van der Waals surface area contributed by atoms with Crippen LogP contribution < -0.4 is 5.32 Å². The minimum absolute atomic E-state index is 0.426. The molecule has 0 aromatic carbocycles. The Kier molecular flexibility index (Phi) is 7.92. The summed E-state index contributed by atoms with van der Waals surface area (Å²) >= 11 is 0. The molecule has 1 nitrogen and oxygen atoms in total. The average Bonchev–Trinajstić information content (AvgIpc) is 2.31. The zero-order valence-electron chi connectivity index (χ0n) is 16.7. The first-order chi connectivity index (χ1) is 10.1. The Balaban J connectivity index is 2.45. The molecule has 3 atom stereocenters.